The Bertz CT molecular complexity index is 520. The molecule has 4 nitrogen and oxygen atoms in total. The van der Waals surface area contributed by atoms with Crippen molar-refractivity contribution in [2.24, 2.45) is 5.73 Å². The summed E-state index contributed by atoms with van der Waals surface area (Å²) in [6, 6.07) is 1.90. The lowest BCUT2D eigenvalue weighted by molar-refractivity contribution is 0.635. The number of nitrogens with zero attached hydrogens (tertiary/aromatic N) is 3. The average Bonchev–Trinajstić information content (AvgIpc) is 2.67. The van der Waals surface area contributed by atoms with Crippen molar-refractivity contribution in [1.29, 1.82) is 0 Å². The van der Waals surface area contributed by atoms with E-state index < -0.39 is 0 Å². The maximum atomic E-state index is 5.71. The second-order valence-electron chi connectivity index (χ2n) is 4.26. The number of hydrogen-bond acceptors (Lipinski definition) is 3. The predicted octanol–water partition coefficient (Wildman–Crippen LogP) is 2.85. The minimum Gasteiger partial charge on any atom is -0.325 e. The van der Waals surface area contributed by atoms with E-state index in [4.69, 9.17) is 5.73 Å². The number of fused-ring (bicyclic) bond motifs is 1. The van der Waals surface area contributed by atoms with Crippen molar-refractivity contribution >= 4 is 21.6 Å². The summed E-state index contributed by atoms with van der Waals surface area (Å²) in [5.74, 6) is 0.432. The number of nitrogens with two attached hydrogens (primary N) is 1. The van der Waals surface area contributed by atoms with E-state index in [1.807, 2.05) is 10.6 Å². The Morgan fingerprint density at radius 3 is 2.94 bits per heavy atom. The van der Waals surface area contributed by atoms with Crippen LogP contribution >= 0.6 is 15.9 Å². The van der Waals surface area contributed by atoms with Crippen molar-refractivity contribution in [3.05, 3.63) is 28.1 Å². The van der Waals surface area contributed by atoms with Gasteiger partial charge in [-0.2, -0.15) is 5.10 Å². The zero-order valence-corrected chi connectivity index (χ0v) is 11.7. The highest BCUT2D eigenvalue weighted by atomic mass is 79.9. The predicted molar refractivity (Wildman–Crippen MR) is 71.9 cm³/mol. The summed E-state index contributed by atoms with van der Waals surface area (Å²) >= 11 is 3.60. The van der Waals surface area contributed by atoms with E-state index in [9.17, 15) is 0 Å². The second kappa shape index (κ2) is 5.14. The Labute approximate surface area is 109 Å². The van der Waals surface area contributed by atoms with Gasteiger partial charge >= 0.3 is 0 Å². The van der Waals surface area contributed by atoms with Gasteiger partial charge in [0.25, 0.3) is 0 Å². The van der Waals surface area contributed by atoms with Gasteiger partial charge in [-0.1, -0.05) is 20.3 Å². The van der Waals surface area contributed by atoms with Crippen molar-refractivity contribution in [3.8, 4) is 0 Å². The molecule has 5 heteroatoms. The fourth-order valence-electron chi connectivity index (χ4n) is 2.02. The maximum Gasteiger partial charge on any atom is 0.169 e. The fourth-order valence-corrected chi connectivity index (χ4v) is 2.76. The smallest absolute Gasteiger partial charge is 0.169 e. The minimum atomic E-state index is 0.432. The van der Waals surface area contributed by atoms with Crippen molar-refractivity contribution in [2.45, 2.75) is 39.2 Å². The fraction of sp³-hybridized carbons (Fsp3) is 0.500. The van der Waals surface area contributed by atoms with E-state index in [0.29, 0.717) is 12.5 Å². The van der Waals surface area contributed by atoms with E-state index in [-0.39, 0.29) is 0 Å². The molecule has 0 aliphatic heterocycles. The van der Waals surface area contributed by atoms with Crippen LogP contribution in [0.4, 0.5) is 0 Å². The number of rotatable bonds is 4. The van der Waals surface area contributed by atoms with Crippen LogP contribution in [0.25, 0.3) is 5.65 Å². The minimum absolute atomic E-state index is 0.432. The molecule has 2 aromatic heterocycles. The Hall–Kier alpha value is -0.940. The Balaban J connectivity index is 2.56. The highest BCUT2D eigenvalue weighted by Gasteiger charge is 2.17. The van der Waals surface area contributed by atoms with E-state index in [1.54, 1.807) is 6.20 Å². The van der Waals surface area contributed by atoms with Gasteiger partial charge in [0.05, 0.1) is 15.9 Å². The normalized spacial score (nSPS) is 13.2. The molecule has 0 aliphatic carbocycles. The third-order valence-corrected chi connectivity index (χ3v) is 3.72. The number of halogens is 1. The van der Waals surface area contributed by atoms with Crippen LogP contribution in [0.15, 0.2) is 16.7 Å². The van der Waals surface area contributed by atoms with Crippen LogP contribution in [0.1, 0.15) is 44.0 Å². The summed E-state index contributed by atoms with van der Waals surface area (Å²) in [6.07, 6.45) is 4.05. The van der Waals surface area contributed by atoms with E-state index in [0.717, 1.165) is 34.3 Å². The summed E-state index contributed by atoms with van der Waals surface area (Å²) in [5, 5.41) is 4.63. The van der Waals surface area contributed by atoms with Crippen LogP contribution < -0.4 is 5.73 Å². The summed E-state index contributed by atoms with van der Waals surface area (Å²) in [6.45, 7) is 4.84. The SMILES string of the molecule is CCCC(C)c1nn2c(CN)ccnc2c1Br. The monoisotopic (exact) mass is 296 g/mol. The summed E-state index contributed by atoms with van der Waals surface area (Å²) in [5.41, 5.74) is 8.61. The third-order valence-electron chi connectivity index (χ3n) is 2.96. The van der Waals surface area contributed by atoms with Crippen molar-refractivity contribution < 1.29 is 0 Å². The average molecular weight is 297 g/mol. The molecule has 0 aromatic carbocycles. The molecule has 2 heterocycles. The first-order chi connectivity index (χ1) is 8.19. The molecule has 1 unspecified atom stereocenters. The summed E-state index contributed by atoms with van der Waals surface area (Å²) in [7, 11) is 0. The summed E-state index contributed by atoms with van der Waals surface area (Å²) in [4.78, 5) is 4.35. The van der Waals surface area contributed by atoms with Crippen LogP contribution in [-0.4, -0.2) is 14.6 Å². The highest BCUT2D eigenvalue weighted by molar-refractivity contribution is 9.10. The quantitative estimate of drug-likeness (QED) is 0.944. The molecular weight excluding hydrogens is 280 g/mol. The van der Waals surface area contributed by atoms with Crippen LogP contribution in [0.3, 0.4) is 0 Å². The van der Waals surface area contributed by atoms with Gasteiger partial charge in [-0.05, 0) is 28.4 Å². The van der Waals surface area contributed by atoms with Gasteiger partial charge in [-0.25, -0.2) is 9.50 Å². The third kappa shape index (κ3) is 2.21. The molecular formula is C12H17BrN4. The van der Waals surface area contributed by atoms with Gasteiger partial charge < -0.3 is 5.73 Å². The van der Waals surface area contributed by atoms with Crippen molar-refractivity contribution in [3.63, 3.8) is 0 Å². The molecule has 0 saturated heterocycles. The molecule has 2 N–H and O–H groups in total. The number of hydrogen-bond donors (Lipinski definition) is 1. The first kappa shape index (κ1) is 12.5. The van der Waals surface area contributed by atoms with E-state index in [1.165, 1.54) is 0 Å². The van der Waals surface area contributed by atoms with Gasteiger partial charge in [0.15, 0.2) is 5.65 Å². The zero-order chi connectivity index (χ0) is 12.4. The lowest BCUT2D eigenvalue weighted by Gasteiger charge is -2.06. The Morgan fingerprint density at radius 1 is 1.53 bits per heavy atom. The molecule has 0 spiro atoms. The second-order valence-corrected chi connectivity index (χ2v) is 5.06. The first-order valence-corrected chi connectivity index (χ1v) is 6.70. The van der Waals surface area contributed by atoms with Crippen molar-refractivity contribution in [1.82, 2.24) is 14.6 Å². The highest BCUT2D eigenvalue weighted by Crippen LogP contribution is 2.30. The van der Waals surface area contributed by atoms with Crippen LogP contribution in [-0.2, 0) is 6.54 Å². The van der Waals surface area contributed by atoms with Gasteiger partial charge in [0.1, 0.15) is 0 Å². The molecule has 0 saturated carbocycles. The van der Waals surface area contributed by atoms with Crippen LogP contribution in [0, 0.1) is 0 Å². The molecule has 1 atom stereocenters. The molecule has 0 aliphatic rings. The molecule has 0 fully saturated rings. The van der Waals surface area contributed by atoms with Gasteiger partial charge in [0.2, 0.25) is 0 Å². The number of aromatic nitrogens is 3. The van der Waals surface area contributed by atoms with Crippen LogP contribution in [0.5, 0.6) is 0 Å². The molecule has 17 heavy (non-hydrogen) atoms. The Morgan fingerprint density at radius 2 is 2.29 bits per heavy atom. The van der Waals surface area contributed by atoms with Crippen molar-refractivity contribution in [2.75, 3.05) is 0 Å². The molecule has 0 bridgehead atoms. The lowest BCUT2D eigenvalue weighted by atomic mass is 10.0. The molecule has 2 aromatic rings. The standard InChI is InChI=1S/C12H17BrN4/c1-3-4-8(2)11-10(13)12-15-6-5-9(7-14)17(12)16-11/h5-6,8H,3-4,7,14H2,1-2H3. The molecule has 2 rings (SSSR count). The summed E-state index contributed by atoms with van der Waals surface area (Å²) < 4.78 is 2.83. The largest absolute Gasteiger partial charge is 0.325 e. The molecule has 0 radical (unpaired) electrons. The molecule has 0 amide bonds. The van der Waals surface area contributed by atoms with Gasteiger partial charge in [-0.3, -0.25) is 0 Å². The maximum absolute atomic E-state index is 5.71. The lowest BCUT2D eigenvalue weighted by Crippen LogP contribution is -2.06. The van der Waals surface area contributed by atoms with Gasteiger partial charge in [0, 0.05) is 18.7 Å². The molecule has 92 valence electrons. The van der Waals surface area contributed by atoms with Gasteiger partial charge in [-0.15, -0.1) is 0 Å². The van der Waals surface area contributed by atoms with E-state index in [2.05, 4.69) is 39.9 Å². The topological polar surface area (TPSA) is 56.2 Å². The van der Waals surface area contributed by atoms with E-state index >= 15 is 0 Å². The van der Waals surface area contributed by atoms with Crippen LogP contribution in [0.2, 0.25) is 0 Å². The Kier molecular flexibility index (Phi) is 3.79. The zero-order valence-electron chi connectivity index (χ0n) is 10.2. The first-order valence-electron chi connectivity index (χ1n) is 5.91.